The van der Waals surface area contributed by atoms with Gasteiger partial charge in [0.15, 0.2) is 0 Å². The van der Waals surface area contributed by atoms with Gasteiger partial charge in [0.05, 0.1) is 23.4 Å². The van der Waals surface area contributed by atoms with Gasteiger partial charge in [0.2, 0.25) is 0 Å². The molecule has 8 heteroatoms. The largest absolute Gasteiger partial charge is 1.00 e. The molecule has 8 aromatic carbocycles. The van der Waals surface area contributed by atoms with E-state index in [2.05, 4.69) is 183 Å². The summed E-state index contributed by atoms with van der Waals surface area (Å²) in [6.07, 6.45) is 3.86. The third kappa shape index (κ3) is 8.60. The SMILES string of the molecule is C[Si](C)=[Zr+2].Cc1cc2c(-c3ccccc3)cc(-n3ncc4ccccc43)cc2[cH-]1.Cc1cc2c(-c3ccccc3)cc(-n3ncc4ccccc43)cc2[cH-]1.[Cl-].[Cl-]. The van der Waals surface area contributed by atoms with Crippen LogP contribution in [0.1, 0.15) is 11.1 Å². The molecule has 0 aliphatic carbocycles. The first-order valence-electron chi connectivity index (χ1n) is 18.2. The summed E-state index contributed by atoms with van der Waals surface area (Å²) in [5.41, 5.74) is 12.2. The topological polar surface area (TPSA) is 35.6 Å². The average molecular weight is 863 g/mol. The molecule has 0 fully saturated rings. The fourth-order valence-electron chi connectivity index (χ4n) is 7.22. The van der Waals surface area contributed by atoms with Crippen LogP contribution in [-0.4, -0.2) is 25.0 Å². The van der Waals surface area contributed by atoms with E-state index < -0.39 is 0 Å². The molecule has 4 nitrogen and oxygen atoms in total. The molecule has 2 heterocycles. The molecule has 10 rings (SSSR count). The molecule has 0 unspecified atom stereocenters. The van der Waals surface area contributed by atoms with Gasteiger partial charge in [-0.15, -0.1) is 56.9 Å². The van der Waals surface area contributed by atoms with Gasteiger partial charge in [-0.1, -0.05) is 122 Å². The van der Waals surface area contributed by atoms with Crippen molar-refractivity contribution in [2.45, 2.75) is 26.9 Å². The molecule has 10 aromatic rings. The monoisotopic (exact) mass is 860 g/mol. The van der Waals surface area contributed by atoms with Crippen LogP contribution in [0.2, 0.25) is 13.1 Å². The minimum atomic E-state index is 0. The van der Waals surface area contributed by atoms with Gasteiger partial charge in [-0.05, 0) is 35.4 Å². The first-order valence-corrected chi connectivity index (χ1v) is 24.4. The maximum absolute atomic E-state index is 4.63. The van der Waals surface area contributed by atoms with E-state index in [4.69, 9.17) is 0 Å². The van der Waals surface area contributed by atoms with E-state index in [1.807, 2.05) is 33.9 Å². The Morgan fingerprint density at radius 2 is 0.857 bits per heavy atom. The number of hydrogen-bond donors (Lipinski definition) is 0. The fraction of sp³-hybridized carbons (Fsp3) is 0.0833. The number of nitrogens with zero attached hydrogens (tertiary/aromatic N) is 4. The molecule has 276 valence electrons. The number of rotatable bonds is 4. The van der Waals surface area contributed by atoms with Crippen LogP contribution in [0.25, 0.3) is 77.0 Å². The molecule has 0 saturated heterocycles. The molecule has 0 N–H and O–H groups in total. The fourth-order valence-corrected chi connectivity index (χ4v) is 7.22. The smallest absolute Gasteiger partial charge is 0.0731 e. The summed E-state index contributed by atoms with van der Waals surface area (Å²) < 4.78 is 4.06. The van der Waals surface area contributed by atoms with E-state index in [1.54, 1.807) is 23.3 Å². The van der Waals surface area contributed by atoms with Crippen molar-refractivity contribution in [3.05, 3.63) is 181 Å². The number of halogens is 2. The number of fused-ring (bicyclic) bond motifs is 4. The van der Waals surface area contributed by atoms with Gasteiger partial charge in [-0.25, -0.2) is 9.36 Å². The zero-order valence-corrected chi connectivity index (χ0v) is 36.7. The van der Waals surface area contributed by atoms with Crippen molar-refractivity contribution in [1.29, 1.82) is 0 Å². The molecule has 56 heavy (non-hydrogen) atoms. The van der Waals surface area contributed by atoms with Crippen molar-refractivity contribution in [2.24, 2.45) is 0 Å². The van der Waals surface area contributed by atoms with Crippen molar-refractivity contribution in [1.82, 2.24) is 19.6 Å². The van der Waals surface area contributed by atoms with Gasteiger partial charge < -0.3 is 24.8 Å². The van der Waals surface area contributed by atoms with E-state index in [-0.39, 0.29) is 30.2 Å². The molecule has 0 radical (unpaired) electrons. The molecular weight excluding hydrogens is 823 g/mol. The average Bonchev–Trinajstić information content (AvgIpc) is 3.98. The molecule has 0 aliphatic rings. The summed E-state index contributed by atoms with van der Waals surface area (Å²) in [5.74, 6) is 0. The van der Waals surface area contributed by atoms with Crippen LogP contribution in [0.3, 0.4) is 0 Å². The van der Waals surface area contributed by atoms with E-state index in [0.29, 0.717) is 0 Å². The molecule has 0 saturated carbocycles. The van der Waals surface area contributed by atoms with Crippen molar-refractivity contribution in [2.75, 3.05) is 0 Å². The number of benzene rings is 6. The first-order chi connectivity index (χ1) is 26.3. The Balaban J connectivity index is 0.000000168. The summed E-state index contributed by atoms with van der Waals surface area (Å²) >= 11 is 1.74. The third-order valence-corrected chi connectivity index (χ3v) is 9.52. The molecule has 0 atom stereocenters. The van der Waals surface area contributed by atoms with Crippen LogP contribution < -0.4 is 24.8 Å². The van der Waals surface area contributed by atoms with Crippen LogP contribution in [0, 0.1) is 13.8 Å². The van der Waals surface area contributed by atoms with Gasteiger partial charge in [0.25, 0.3) is 0 Å². The molecule has 0 bridgehead atoms. The van der Waals surface area contributed by atoms with Gasteiger partial charge >= 0.3 is 41.9 Å². The van der Waals surface area contributed by atoms with E-state index in [0.717, 1.165) is 33.2 Å². The van der Waals surface area contributed by atoms with Crippen LogP contribution in [-0.2, 0) is 23.3 Å². The van der Waals surface area contributed by atoms with Crippen LogP contribution in [0.4, 0.5) is 0 Å². The van der Waals surface area contributed by atoms with Gasteiger partial charge in [0, 0.05) is 22.1 Å². The van der Waals surface area contributed by atoms with Crippen molar-refractivity contribution in [3.63, 3.8) is 0 Å². The predicted octanol–water partition coefficient (Wildman–Crippen LogP) is 6.54. The first kappa shape index (κ1) is 40.8. The summed E-state index contributed by atoms with van der Waals surface area (Å²) in [5, 5.41) is 16.7. The Morgan fingerprint density at radius 1 is 0.500 bits per heavy atom. The van der Waals surface area contributed by atoms with E-state index >= 15 is 0 Å². The number of para-hydroxylation sites is 2. The zero-order valence-electron chi connectivity index (χ0n) is 31.7. The quantitative estimate of drug-likeness (QED) is 0.149. The van der Waals surface area contributed by atoms with Crippen LogP contribution >= 0.6 is 0 Å². The zero-order chi connectivity index (χ0) is 37.2. The summed E-state index contributed by atoms with van der Waals surface area (Å²) in [7, 11) is 0. The minimum Gasteiger partial charge on any atom is -1.00 e. The van der Waals surface area contributed by atoms with Crippen LogP contribution in [0.15, 0.2) is 170 Å². The second kappa shape index (κ2) is 18.0. The Labute approximate surface area is 355 Å². The molecule has 2 aromatic heterocycles. The molecule has 0 aliphatic heterocycles. The molecular formula is C48H40Cl2N4SiZr-2. The molecule has 0 spiro atoms. The second-order valence-corrected chi connectivity index (χ2v) is 23.4. The minimum absolute atomic E-state index is 0. The van der Waals surface area contributed by atoms with Gasteiger partial charge in [-0.3, -0.25) is 0 Å². The molecule has 0 amide bonds. The number of hydrogen-bond acceptors (Lipinski definition) is 2. The standard InChI is InChI=1S/2C23H17N2.C2H6Si.2ClH.Zr/c2*1-16-11-19-13-20(25-23-10-6-5-9-18(23)15-24-25)14-22(21(19)12-16)17-7-3-2-4-8-17;1-3-2;;;/h2*2-15H,1H3;1-2H3;2*1H;/q2*-1;;;;+2/p-2. The van der Waals surface area contributed by atoms with E-state index in [9.17, 15) is 0 Å². The normalized spacial score (nSPS) is 10.7. The van der Waals surface area contributed by atoms with Gasteiger partial charge in [0.1, 0.15) is 0 Å². The van der Waals surface area contributed by atoms with Crippen molar-refractivity contribution in [3.8, 4) is 33.6 Å². The summed E-state index contributed by atoms with van der Waals surface area (Å²) in [4.78, 5) is 0. The Kier molecular flexibility index (Phi) is 13.1. The van der Waals surface area contributed by atoms with Crippen LogP contribution in [0.5, 0.6) is 0 Å². The Bertz CT molecular complexity index is 2710. The maximum atomic E-state index is 4.63. The Hall–Kier alpha value is -4.84. The summed E-state index contributed by atoms with van der Waals surface area (Å²) in [6.45, 7) is 8.92. The maximum Gasteiger partial charge on any atom is 0.0731 e. The van der Waals surface area contributed by atoms with Gasteiger partial charge in [-0.2, -0.15) is 22.3 Å². The van der Waals surface area contributed by atoms with Crippen molar-refractivity contribution >= 4 is 48.8 Å². The Morgan fingerprint density at radius 3 is 1.25 bits per heavy atom. The second-order valence-electron chi connectivity index (χ2n) is 14.0. The third-order valence-electron chi connectivity index (χ3n) is 9.52. The van der Waals surface area contributed by atoms with Crippen molar-refractivity contribution < 1.29 is 48.1 Å². The van der Waals surface area contributed by atoms with E-state index in [1.165, 1.54) is 54.9 Å². The number of aromatic nitrogens is 4. The summed E-state index contributed by atoms with van der Waals surface area (Å²) in [6, 6.07) is 55.8. The number of aryl methyl sites for hydroxylation is 2. The predicted molar refractivity (Wildman–Crippen MR) is 226 cm³/mol.